The van der Waals surface area contributed by atoms with Crippen molar-refractivity contribution in [2.24, 2.45) is 5.92 Å². The van der Waals surface area contributed by atoms with E-state index in [9.17, 15) is 4.79 Å². The summed E-state index contributed by atoms with van der Waals surface area (Å²) in [4.78, 5) is 14.2. The number of ether oxygens (including phenoxy) is 1. The second-order valence-electron chi connectivity index (χ2n) is 4.44. The predicted molar refractivity (Wildman–Crippen MR) is 60.9 cm³/mol. The maximum absolute atomic E-state index is 11.9. The first-order valence-electron chi connectivity index (χ1n) is 6.04. The molecule has 1 saturated heterocycles. The van der Waals surface area contributed by atoms with Gasteiger partial charge in [0.25, 0.3) is 0 Å². The lowest BCUT2D eigenvalue weighted by atomic mass is 9.98. The van der Waals surface area contributed by atoms with Gasteiger partial charge in [0.2, 0.25) is 0 Å². The SMILES string of the molecule is CCC(C)CC(=O)C1CN(CC)CCO1. The highest BCUT2D eigenvalue weighted by molar-refractivity contribution is 5.83. The fraction of sp³-hybridized carbons (Fsp3) is 0.917. The van der Waals surface area contributed by atoms with E-state index < -0.39 is 0 Å². The summed E-state index contributed by atoms with van der Waals surface area (Å²) >= 11 is 0. The van der Waals surface area contributed by atoms with Gasteiger partial charge in [-0.05, 0) is 12.5 Å². The Morgan fingerprint density at radius 1 is 1.53 bits per heavy atom. The summed E-state index contributed by atoms with van der Waals surface area (Å²) in [7, 11) is 0. The number of nitrogens with zero attached hydrogens (tertiary/aromatic N) is 1. The van der Waals surface area contributed by atoms with Crippen LogP contribution in [-0.2, 0) is 9.53 Å². The van der Waals surface area contributed by atoms with Crippen molar-refractivity contribution in [1.29, 1.82) is 0 Å². The van der Waals surface area contributed by atoms with Crippen molar-refractivity contribution in [1.82, 2.24) is 4.90 Å². The van der Waals surface area contributed by atoms with E-state index in [2.05, 4.69) is 25.7 Å². The van der Waals surface area contributed by atoms with Crippen LogP contribution in [0, 0.1) is 5.92 Å². The van der Waals surface area contributed by atoms with Crippen LogP contribution in [0.5, 0.6) is 0 Å². The number of Topliss-reactive ketones (excluding diaryl/α,β-unsaturated/α-hetero) is 1. The van der Waals surface area contributed by atoms with Crippen molar-refractivity contribution in [3.05, 3.63) is 0 Å². The lowest BCUT2D eigenvalue weighted by Gasteiger charge is -2.31. The molecule has 1 heterocycles. The summed E-state index contributed by atoms with van der Waals surface area (Å²) in [5.41, 5.74) is 0. The fourth-order valence-corrected chi connectivity index (χ4v) is 1.80. The zero-order valence-corrected chi connectivity index (χ0v) is 10.2. The van der Waals surface area contributed by atoms with E-state index in [0.717, 1.165) is 26.1 Å². The minimum Gasteiger partial charge on any atom is -0.368 e. The molecule has 1 fully saturated rings. The number of morpholine rings is 1. The van der Waals surface area contributed by atoms with Crippen LogP contribution >= 0.6 is 0 Å². The van der Waals surface area contributed by atoms with Gasteiger partial charge in [0, 0.05) is 19.5 Å². The highest BCUT2D eigenvalue weighted by Gasteiger charge is 2.26. The first-order chi connectivity index (χ1) is 7.17. The minimum absolute atomic E-state index is 0.173. The summed E-state index contributed by atoms with van der Waals surface area (Å²) in [5.74, 6) is 0.764. The number of hydrogen-bond acceptors (Lipinski definition) is 3. The van der Waals surface area contributed by atoms with Gasteiger partial charge in [-0.25, -0.2) is 0 Å². The maximum atomic E-state index is 11.9. The molecule has 3 nitrogen and oxygen atoms in total. The third-order valence-electron chi connectivity index (χ3n) is 3.20. The standard InChI is InChI=1S/C12H23NO2/c1-4-10(3)8-11(14)12-9-13(5-2)6-7-15-12/h10,12H,4-9H2,1-3H3. The fourth-order valence-electron chi connectivity index (χ4n) is 1.80. The highest BCUT2D eigenvalue weighted by Crippen LogP contribution is 2.13. The number of likely N-dealkylation sites (N-methyl/N-ethyl adjacent to an activating group) is 1. The first-order valence-corrected chi connectivity index (χ1v) is 6.04. The quantitative estimate of drug-likeness (QED) is 0.696. The molecule has 0 spiro atoms. The van der Waals surface area contributed by atoms with E-state index in [1.54, 1.807) is 0 Å². The van der Waals surface area contributed by atoms with Crippen LogP contribution < -0.4 is 0 Å². The largest absolute Gasteiger partial charge is 0.368 e. The Morgan fingerprint density at radius 3 is 2.87 bits per heavy atom. The summed E-state index contributed by atoms with van der Waals surface area (Å²) in [6.07, 6.45) is 1.56. The average molecular weight is 213 g/mol. The molecule has 0 saturated carbocycles. The van der Waals surface area contributed by atoms with E-state index in [0.29, 0.717) is 18.9 Å². The van der Waals surface area contributed by atoms with E-state index in [-0.39, 0.29) is 11.9 Å². The van der Waals surface area contributed by atoms with Crippen LogP contribution in [0.3, 0.4) is 0 Å². The smallest absolute Gasteiger partial charge is 0.163 e. The second-order valence-corrected chi connectivity index (χ2v) is 4.44. The topological polar surface area (TPSA) is 29.5 Å². The number of carbonyl (C=O) groups excluding carboxylic acids is 1. The molecule has 0 aromatic carbocycles. The summed E-state index contributed by atoms with van der Waals surface area (Å²) in [6.45, 7) is 9.83. The maximum Gasteiger partial charge on any atom is 0.163 e. The van der Waals surface area contributed by atoms with Crippen LogP contribution in [0.2, 0.25) is 0 Å². The average Bonchev–Trinajstić information content (AvgIpc) is 2.28. The van der Waals surface area contributed by atoms with E-state index in [4.69, 9.17) is 4.74 Å². The lowest BCUT2D eigenvalue weighted by molar-refractivity contribution is -0.137. The summed E-state index contributed by atoms with van der Waals surface area (Å²) < 4.78 is 5.53. The van der Waals surface area contributed by atoms with Crippen molar-refractivity contribution in [2.75, 3.05) is 26.2 Å². The molecule has 2 atom stereocenters. The molecule has 2 unspecified atom stereocenters. The van der Waals surface area contributed by atoms with Gasteiger partial charge in [-0.3, -0.25) is 9.69 Å². The Morgan fingerprint density at radius 2 is 2.27 bits per heavy atom. The monoisotopic (exact) mass is 213 g/mol. The van der Waals surface area contributed by atoms with Gasteiger partial charge < -0.3 is 4.74 Å². The molecule has 0 radical (unpaired) electrons. The van der Waals surface area contributed by atoms with Crippen LogP contribution in [0.15, 0.2) is 0 Å². The van der Waals surface area contributed by atoms with Crippen LogP contribution in [0.25, 0.3) is 0 Å². The van der Waals surface area contributed by atoms with Crippen molar-refractivity contribution in [3.8, 4) is 0 Å². The van der Waals surface area contributed by atoms with Gasteiger partial charge in [-0.1, -0.05) is 27.2 Å². The molecule has 1 aliphatic heterocycles. The molecule has 0 aromatic heterocycles. The number of rotatable bonds is 5. The van der Waals surface area contributed by atoms with Crippen molar-refractivity contribution in [2.45, 2.75) is 39.7 Å². The van der Waals surface area contributed by atoms with Crippen molar-refractivity contribution in [3.63, 3.8) is 0 Å². The molecule has 88 valence electrons. The second kappa shape index (κ2) is 6.23. The highest BCUT2D eigenvalue weighted by atomic mass is 16.5. The number of ketones is 1. The van der Waals surface area contributed by atoms with Crippen LogP contribution in [-0.4, -0.2) is 43.0 Å². The first kappa shape index (κ1) is 12.7. The molecule has 3 heteroatoms. The lowest BCUT2D eigenvalue weighted by Crippen LogP contribution is -2.46. The number of carbonyl (C=O) groups is 1. The van der Waals surface area contributed by atoms with Crippen molar-refractivity contribution >= 4 is 5.78 Å². The molecular weight excluding hydrogens is 190 g/mol. The van der Waals surface area contributed by atoms with Crippen molar-refractivity contribution < 1.29 is 9.53 Å². The Labute approximate surface area is 92.8 Å². The molecule has 0 aromatic rings. The van der Waals surface area contributed by atoms with Gasteiger partial charge in [0.15, 0.2) is 5.78 Å². The third-order valence-corrected chi connectivity index (χ3v) is 3.20. The van der Waals surface area contributed by atoms with E-state index in [1.165, 1.54) is 0 Å². The molecule has 1 aliphatic rings. The zero-order valence-electron chi connectivity index (χ0n) is 10.2. The third kappa shape index (κ3) is 3.92. The van der Waals surface area contributed by atoms with Gasteiger partial charge in [0.05, 0.1) is 6.61 Å². The normalized spacial score (nSPS) is 25.1. The Bertz CT molecular complexity index is 206. The molecule has 0 aliphatic carbocycles. The molecule has 0 bridgehead atoms. The van der Waals surface area contributed by atoms with Gasteiger partial charge >= 0.3 is 0 Å². The summed E-state index contributed by atoms with van der Waals surface area (Å²) in [5, 5.41) is 0. The minimum atomic E-state index is -0.173. The predicted octanol–water partition coefficient (Wildman–Crippen LogP) is 1.71. The van der Waals surface area contributed by atoms with Gasteiger partial charge in [0.1, 0.15) is 6.10 Å². The molecule has 0 amide bonds. The molecule has 1 rings (SSSR count). The van der Waals surface area contributed by atoms with Gasteiger partial charge in [-0.2, -0.15) is 0 Å². The summed E-state index contributed by atoms with van der Waals surface area (Å²) in [6, 6.07) is 0. The van der Waals surface area contributed by atoms with Gasteiger partial charge in [-0.15, -0.1) is 0 Å². The number of hydrogen-bond donors (Lipinski definition) is 0. The molecule has 0 N–H and O–H groups in total. The van der Waals surface area contributed by atoms with E-state index >= 15 is 0 Å². The van der Waals surface area contributed by atoms with Crippen LogP contribution in [0.1, 0.15) is 33.6 Å². The molecular formula is C12H23NO2. The Hall–Kier alpha value is -0.410. The van der Waals surface area contributed by atoms with Crippen LogP contribution in [0.4, 0.5) is 0 Å². The Balaban J connectivity index is 2.38. The molecule has 15 heavy (non-hydrogen) atoms. The zero-order chi connectivity index (χ0) is 11.3. The Kier molecular flexibility index (Phi) is 5.26. The van der Waals surface area contributed by atoms with E-state index in [1.807, 2.05) is 0 Å².